The number of nitrogens with two attached hydrogens (primary N) is 1. The Balaban J connectivity index is 2.28. The Morgan fingerprint density at radius 3 is 2.76 bits per heavy atom. The topological polar surface area (TPSA) is 57.4 Å². The summed E-state index contributed by atoms with van der Waals surface area (Å²) in [6.07, 6.45) is 1.60. The normalized spacial score (nSPS) is 10.0. The molecule has 0 amide bonds. The summed E-state index contributed by atoms with van der Waals surface area (Å²) in [4.78, 5) is 4.02. The summed E-state index contributed by atoms with van der Waals surface area (Å²) < 4.78 is 10.6. The minimum absolute atomic E-state index is 0.325. The van der Waals surface area contributed by atoms with E-state index in [0.717, 1.165) is 0 Å². The van der Waals surface area contributed by atoms with Gasteiger partial charge in [-0.2, -0.15) is 0 Å². The summed E-state index contributed by atoms with van der Waals surface area (Å²) in [5.41, 5.74) is 6.28. The van der Waals surface area contributed by atoms with Gasteiger partial charge in [-0.05, 0) is 24.3 Å². The van der Waals surface area contributed by atoms with Crippen molar-refractivity contribution < 1.29 is 9.47 Å². The second-order valence-electron chi connectivity index (χ2n) is 3.30. The number of hydrogen-bond acceptors (Lipinski definition) is 4. The van der Waals surface area contributed by atoms with Gasteiger partial charge >= 0.3 is 0 Å². The molecule has 1 heterocycles. The Kier molecular flexibility index (Phi) is 3.35. The summed E-state index contributed by atoms with van der Waals surface area (Å²) >= 11 is 5.93. The lowest BCUT2D eigenvalue weighted by atomic mass is 10.3. The van der Waals surface area contributed by atoms with Gasteiger partial charge in [0.1, 0.15) is 10.8 Å². The lowest BCUT2D eigenvalue weighted by Gasteiger charge is -2.09. The van der Waals surface area contributed by atoms with Crippen LogP contribution in [0.5, 0.6) is 17.4 Å². The molecule has 2 aromatic rings. The zero-order valence-electron chi connectivity index (χ0n) is 9.18. The van der Waals surface area contributed by atoms with Crippen LogP contribution in [0, 0.1) is 0 Å². The largest absolute Gasteiger partial charge is 0.497 e. The van der Waals surface area contributed by atoms with E-state index >= 15 is 0 Å². The molecular weight excluding hydrogens is 240 g/mol. The van der Waals surface area contributed by atoms with Gasteiger partial charge < -0.3 is 15.2 Å². The van der Waals surface area contributed by atoms with Crippen LogP contribution in [-0.2, 0) is 0 Å². The molecule has 1 aromatic heterocycles. The molecule has 0 aliphatic heterocycles. The molecule has 0 radical (unpaired) electrons. The number of benzene rings is 1. The fraction of sp³-hybridized carbons (Fsp3) is 0.0833. The Morgan fingerprint density at radius 2 is 2.12 bits per heavy atom. The van der Waals surface area contributed by atoms with Crippen molar-refractivity contribution in [2.24, 2.45) is 0 Å². The summed E-state index contributed by atoms with van der Waals surface area (Å²) in [5.74, 6) is 1.49. The lowest BCUT2D eigenvalue weighted by molar-refractivity contribution is 0.413. The first-order valence-electron chi connectivity index (χ1n) is 4.92. The van der Waals surface area contributed by atoms with Gasteiger partial charge in [-0.25, -0.2) is 4.98 Å². The van der Waals surface area contributed by atoms with Crippen molar-refractivity contribution in [3.05, 3.63) is 41.6 Å². The summed E-state index contributed by atoms with van der Waals surface area (Å²) in [6, 6.07) is 8.56. The van der Waals surface area contributed by atoms with Gasteiger partial charge in [0.05, 0.1) is 12.8 Å². The maximum Gasteiger partial charge on any atom is 0.238 e. The van der Waals surface area contributed by atoms with E-state index in [2.05, 4.69) is 4.98 Å². The third kappa shape index (κ3) is 2.60. The highest BCUT2D eigenvalue weighted by Gasteiger charge is 2.07. The van der Waals surface area contributed by atoms with E-state index in [1.165, 1.54) is 0 Å². The summed E-state index contributed by atoms with van der Waals surface area (Å²) in [6.45, 7) is 0. The molecule has 17 heavy (non-hydrogen) atoms. The van der Waals surface area contributed by atoms with Crippen molar-refractivity contribution in [3.8, 4) is 17.4 Å². The zero-order valence-corrected chi connectivity index (χ0v) is 9.94. The van der Waals surface area contributed by atoms with Crippen LogP contribution in [0.3, 0.4) is 0 Å². The first kappa shape index (κ1) is 11.5. The standard InChI is InChI=1S/C12H11ClN2O2/c1-16-8-4-5-11(10(14)7-8)17-12-9(13)3-2-6-15-12/h2-7H,14H2,1H3. The van der Waals surface area contributed by atoms with Gasteiger partial charge in [-0.15, -0.1) is 0 Å². The van der Waals surface area contributed by atoms with Gasteiger partial charge in [0.2, 0.25) is 5.88 Å². The van der Waals surface area contributed by atoms with Crippen LogP contribution in [0.15, 0.2) is 36.5 Å². The summed E-state index contributed by atoms with van der Waals surface area (Å²) in [5, 5.41) is 0.433. The van der Waals surface area contributed by atoms with Crippen LogP contribution in [0.1, 0.15) is 0 Å². The average molecular weight is 251 g/mol. The smallest absolute Gasteiger partial charge is 0.238 e. The average Bonchev–Trinajstić information content (AvgIpc) is 2.34. The third-order valence-electron chi connectivity index (χ3n) is 2.15. The first-order valence-corrected chi connectivity index (χ1v) is 5.30. The number of hydrogen-bond donors (Lipinski definition) is 1. The molecule has 0 aliphatic carbocycles. The van der Waals surface area contributed by atoms with Crippen LogP contribution in [-0.4, -0.2) is 12.1 Å². The molecule has 4 nitrogen and oxygen atoms in total. The van der Waals surface area contributed by atoms with Crippen LogP contribution in [0.4, 0.5) is 5.69 Å². The van der Waals surface area contributed by atoms with Crippen LogP contribution < -0.4 is 15.2 Å². The predicted octanol–water partition coefficient (Wildman–Crippen LogP) is 3.12. The van der Waals surface area contributed by atoms with Crippen LogP contribution in [0.25, 0.3) is 0 Å². The van der Waals surface area contributed by atoms with E-state index in [4.69, 9.17) is 26.8 Å². The lowest BCUT2D eigenvalue weighted by Crippen LogP contribution is -1.95. The fourth-order valence-corrected chi connectivity index (χ4v) is 1.46. The van der Waals surface area contributed by atoms with Crippen molar-refractivity contribution in [1.29, 1.82) is 0 Å². The first-order chi connectivity index (χ1) is 8.20. The number of ether oxygens (including phenoxy) is 2. The number of nitrogens with zero attached hydrogens (tertiary/aromatic N) is 1. The van der Waals surface area contributed by atoms with E-state index in [1.807, 2.05) is 0 Å². The number of halogens is 1. The predicted molar refractivity (Wildman–Crippen MR) is 66.7 cm³/mol. The SMILES string of the molecule is COc1ccc(Oc2ncccc2Cl)c(N)c1. The van der Waals surface area contributed by atoms with Crippen molar-refractivity contribution in [1.82, 2.24) is 4.98 Å². The molecule has 0 spiro atoms. The number of methoxy groups -OCH3 is 1. The molecular formula is C12H11ClN2O2. The molecule has 1 aromatic carbocycles. The van der Waals surface area contributed by atoms with E-state index in [-0.39, 0.29) is 0 Å². The highest BCUT2D eigenvalue weighted by Crippen LogP contribution is 2.32. The number of anilines is 1. The Morgan fingerprint density at radius 1 is 1.29 bits per heavy atom. The van der Waals surface area contributed by atoms with Crippen molar-refractivity contribution in [2.75, 3.05) is 12.8 Å². The molecule has 0 saturated heterocycles. The van der Waals surface area contributed by atoms with Crippen LogP contribution >= 0.6 is 11.6 Å². The van der Waals surface area contributed by atoms with Crippen molar-refractivity contribution in [2.45, 2.75) is 0 Å². The second-order valence-corrected chi connectivity index (χ2v) is 3.70. The minimum atomic E-state index is 0.325. The molecule has 0 fully saturated rings. The molecule has 0 saturated carbocycles. The molecule has 0 unspecified atom stereocenters. The zero-order chi connectivity index (χ0) is 12.3. The van der Waals surface area contributed by atoms with E-state index in [9.17, 15) is 0 Å². The van der Waals surface area contributed by atoms with E-state index in [1.54, 1.807) is 43.6 Å². The van der Waals surface area contributed by atoms with Gasteiger partial charge in [-0.3, -0.25) is 0 Å². The van der Waals surface area contributed by atoms with Gasteiger partial charge in [0, 0.05) is 12.3 Å². The number of rotatable bonds is 3. The van der Waals surface area contributed by atoms with Gasteiger partial charge in [-0.1, -0.05) is 11.6 Å². The van der Waals surface area contributed by atoms with Gasteiger partial charge in [0.15, 0.2) is 5.75 Å². The number of nitrogen functional groups attached to an aromatic ring is 1. The molecule has 88 valence electrons. The molecule has 5 heteroatoms. The fourth-order valence-electron chi connectivity index (χ4n) is 1.30. The molecule has 0 bridgehead atoms. The maximum atomic E-state index is 5.93. The number of aromatic nitrogens is 1. The van der Waals surface area contributed by atoms with Crippen LogP contribution in [0.2, 0.25) is 5.02 Å². The minimum Gasteiger partial charge on any atom is -0.497 e. The third-order valence-corrected chi connectivity index (χ3v) is 2.44. The van der Waals surface area contributed by atoms with Crippen molar-refractivity contribution >= 4 is 17.3 Å². The Hall–Kier alpha value is -1.94. The van der Waals surface area contributed by atoms with E-state index in [0.29, 0.717) is 28.1 Å². The molecule has 2 N–H and O–H groups in total. The quantitative estimate of drug-likeness (QED) is 0.851. The number of pyridine rings is 1. The highest BCUT2D eigenvalue weighted by atomic mass is 35.5. The van der Waals surface area contributed by atoms with E-state index < -0.39 is 0 Å². The molecule has 2 rings (SSSR count). The Bertz CT molecular complexity index is 532. The molecule has 0 aliphatic rings. The van der Waals surface area contributed by atoms with Gasteiger partial charge in [0.25, 0.3) is 0 Å². The maximum absolute atomic E-state index is 5.93. The Labute approximate surface area is 104 Å². The monoisotopic (exact) mass is 250 g/mol. The highest BCUT2D eigenvalue weighted by molar-refractivity contribution is 6.31. The molecule has 0 atom stereocenters. The second kappa shape index (κ2) is 4.93. The van der Waals surface area contributed by atoms with Crippen molar-refractivity contribution in [3.63, 3.8) is 0 Å². The summed E-state index contributed by atoms with van der Waals surface area (Å²) in [7, 11) is 1.57.